The van der Waals surface area contributed by atoms with Crippen LogP contribution in [0.3, 0.4) is 0 Å². The molecular weight excluding hydrogens is 510 g/mol. The number of hydrogen-bond acceptors (Lipinski definition) is 0. The van der Waals surface area contributed by atoms with Gasteiger partial charge in [-0.1, -0.05) is 0 Å². The molecule has 0 heterocycles. The number of rotatable bonds is 0. The van der Waals surface area contributed by atoms with E-state index in [9.17, 15) is 0 Å². The van der Waals surface area contributed by atoms with Crippen LogP contribution < -0.4 is 37.7 Å². The molecule has 0 aliphatic carbocycles. The fourth-order valence-electron chi connectivity index (χ4n) is 0. The van der Waals surface area contributed by atoms with Crippen LogP contribution in [0.2, 0.25) is 0 Å². The Kier molecular flexibility index (Phi) is 26.3. The molecule has 0 nitrogen and oxygen atoms in total. The zero-order chi connectivity index (χ0) is 9.00. The summed E-state index contributed by atoms with van der Waals surface area (Å²) < 4.78 is 0. The predicted molar refractivity (Wildman–Crippen MR) is 46.8 cm³/mol. The van der Waals surface area contributed by atoms with Crippen molar-refractivity contribution < 1.29 is 60.6 Å². The summed E-state index contributed by atoms with van der Waals surface area (Å²) >= 11 is -5.62. The first kappa shape index (κ1) is 25.6. The van der Waals surface area contributed by atoms with Crippen molar-refractivity contribution in [1.82, 2.24) is 0 Å². The van der Waals surface area contributed by atoms with Gasteiger partial charge in [0.2, 0.25) is 0 Å². The standard InChI is InChI=1S/8ClH.2Li.2Pd/h8*1H;;;;/q;;;;;;;;2*+1;2*+3/p-8. The zero-order valence-electron chi connectivity index (χ0n) is 5.66. The average Bonchev–Trinajstić information content (AvgIpc) is 1.12. The summed E-state index contributed by atoms with van der Waals surface area (Å²) in [5.41, 5.74) is 0. The Morgan fingerprint density at radius 1 is 0.417 bits per heavy atom. The molecule has 0 aromatic carbocycles. The topological polar surface area (TPSA) is 0 Å². The third kappa shape index (κ3) is 121. The Labute approximate surface area is 134 Å². The summed E-state index contributed by atoms with van der Waals surface area (Å²) in [6.45, 7) is 0. The van der Waals surface area contributed by atoms with E-state index in [1.54, 1.807) is 0 Å². The molecule has 0 unspecified atom stereocenters. The van der Waals surface area contributed by atoms with E-state index in [0.717, 1.165) is 0 Å². The quantitative estimate of drug-likeness (QED) is 0.387. The van der Waals surface area contributed by atoms with Crippen LogP contribution in [0.15, 0.2) is 0 Å². The molecule has 0 fully saturated rings. The van der Waals surface area contributed by atoms with Crippen molar-refractivity contribution in [3.8, 4) is 0 Å². The van der Waals surface area contributed by atoms with Crippen LogP contribution in [0, 0.1) is 0 Å². The number of halogens is 8. The fourth-order valence-corrected chi connectivity index (χ4v) is 0. The summed E-state index contributed by atoms with van der Waals surface area (Å²) in [4.78, 5) is 0. The maximum atomic E-state index is 4.98. The molecule has 0 bridgehead atoms. The molecule has 0 rings (SSSR count). The summed E-state index contributed by atoms with van der Waals surface area (Å²) in [6.07, 6.45) is 0. The van der Waals surface area contributed by atoms with Gasteiger partial charge in [0.25, 0.3) is 0 Å². The van der Waals surface area contributed by atoms with Gasteiger partial charge in [0.05, 0.1) is 0 Å². The Bertz CT molecular complexity index is 58.0. The predicted octanol–water partition coefficient (Wildman–Crippen LogP) is -0.481. The Balaban J connectivity index is -0.0000000457. The molecule has 0 spiro atoms. The van der Waals surface area contributed by atoms with Crippen molar-refractivity contribution in [2.45, 2.75) is 0 Å². The van der Waals surface area contributed by atoms with E-state index in [0.29, 0.717) is 0 Å². The molecule has 0 aromatic rings. The van der Waals surface area contributed by atoms with Gasteiger partial charge in [0.1, 0.15) is 0 Å². The van der Waals surface area contributed by atoms with E-state index in [4.69, 9.17) is 76.2 Å². The second-order valence-electron chi connectivity index (χ2n) is 0.542. The van der Waals surface area contributed by atoms with Gasteiger partial charge in [0, 0.05) is 0 Å². The third-order valence-electron chi connectivity index (χ3n) is 0. The van der Waals surface area contributed by atoms with Crippen LogP contribution in [0.5, 0.6) is 0 Å². The minimum absolute atomic E-state index is 0. The molecule has 12 heavy (non-hydrogen) atoms. The monoisotopic (exact) mass is 506 g/mol. The Hall–Kier alpha value is 4.84. The maximum absolute atomic E-state index is 4.98. The first-order chi connectivity index (χ1) is 4.00. The first-order valence-corrected chi connectivity index (χ1v) is 17.0. The van der Waals surface area contributed by atoms with Crippen molar-refractivity contribution >= 4 is 76.2 Å². The first-order valence-electron chi connectivity index (χ1n) is 0.956. The molecule has 0 N–H and O–H groups in total. The number of hydrogen-bond donors (Lipinski definition) is 0. The average molecular weight is 510 g/mol. The molecule has 78 valence electrons. The summed E-state index contributed by atoms with van der Waals surface area (Å²) in [5, 5.41) is 0. The van der Waals surface area contributed by atoms with Crippen molar-refractivity contribution in [1.29, 1.82) is 0 Å². The molecule has 0 saturated heterocycles. The van der Waals surface area contributed by atoms with E-state index in [1.165, 1.54) is 0 Å². The molecule has 0 aliphatic heterocycles. The summed E-state index contributed by atoms with van der Waals surface area (Å²) in [6, 6.07) is 0. The maximum Gasteiger partial charge on any atom is 1.00 e. The molecule has 12 heteroatoms. The van der Waals surface area contributed by atoms with Gasteiger partial charge in [-0.2, -0.15) is 0 Å². The van der Waals surface area contributed by atoms with Gasteiger partial charge in [-0.25, -0.2) is 0 Å². The van der Waals surface area contributed by atoms with Crippen molar-refractivity contribution in [3.05, 3.63) is 0 Å². The minimum atomic E-state index is -2.81. The van der Waals surface area contributed by atoms with E-state index < -0.39 is 22.9 Å². The normalized spacial score (nSPS) is 12.7. The van der Waals surface area contributed by atoms with Crippen molar-refractivity contribution in [2.75, 3.05) is 0 Å². The van der Waals surface area contributed by atoms with Crippen molar-refractivity contribution in [2.24, 2.45) is 0 Å². The van der Waals surface area contributed by atoms with Gasteiger partial charge in [-0.05, 0) is 0 Å². The van der Waals surface area contributed by atoms with Gasteiger partial charge < -0.3 is 0 Å². The molecule has 0 radical (unpaired) electrons. The molecular formula is Cl8Li2Pd2. The third-order valence-corrected chi connectivity index (χ3v) is 0. The van der Waals surface area contributed by atoms with Crippen LogP contribution >= 0.6 is 76.2 Å². The van der Waals surface area contributed by atoms with E-state index in [2.05, 4.69) is 0 Å². The Morgan fingerprint density at radius 3 is 0.417 bits per heavy atom. The van der Waals surface area contributed by atoms with Crippen LogP contribution in [0.4, 0.5) is 0 Å². The van der Waals surface area contributed by atoms with Gasteiger partial charge >= 0.3 is 137 Å². The van der Waals surface area contributed by atoms with E-state index in [-0.39, 0.29) is 37.7 Å². The fraction of sp³-hybridized carbons (Fsp3) is 0. The zero-order valence-corrected chi connectivity index (χ0v) is 14.8. The minimum Gasteiger partial charge on any atom is 1.00 e. The molecule has 0 amide bonds. The molecule has 0 saturated carbocycles. The van der Waals surface area contributed by atoms with Crippen LogP contribution in [-0.4, -0.2) is 0 Å². The second kappa shape index (κ2) is 12.3. The van der Waals surface area contributed by atoms with Crippen LogP contribution in [0.25, 0.3) is 0 Å². The largest absolute Gasteiger partial charge is 1.00 e. The molecule has 0 aromatic heterocycles. The van der Waals surface area contributed by atoms with Crippen LogP contribution in [-0.2, 0) is 22.9 Å². The van der Waals surface area contributed by atoms with Gasteiger partial charge in [-0.3, -0.25) is 0 Å². The Morgan fingerprint density at radius 2 is 0.417 bits per heavy atom. The van der Waals surface area contributed by atoms with Gasteiger partial charge in [0.15, 0.2) is 0 Å². The van der Waals surface area contributed by atoms with Crippen LogP contribution in [0.1, 0.15) is 0 Å². The van der Waals surface area contributed by atoms with Crippen molar-refractivity contribution in [3.63, 3.8) is 0 Å². The smallest absolute Gasteiger partial charge is 1.00 e. The SMILES string of the molecule is [Cl][Pd-]([Cl])([Cl])[Cl].[Cl][Pd-]([Cl])([Cl])[Cl].[Li+].[Li+]. The summed E-state index contributed by atoms with van der Waals surface area (Å²) in [5.74, 6) is 0. The van der Waals surface area contributed by atoms with E-state index in [1.807, 2.05) is 0 Å². The molecule has 0 aliphatic rings. The summed E-state index contributed by atoms with van der Waals surface area (Å²) in [7, 11) is 39.8. The van der Waals surface area contributed by atoms with Gasteiger partial charge in [-0.15, -0.1) is 0 Å². The molecule has 0 atom stereocenters. The second-order valence-corrected chi connectivity index (χ2v) is 28.9. The van der Waals surface area contributed by atoms with E-state index >= 15 is 0 Å².